The minimum atomic E-state index is -0.564. The fourth-order valence-corrected chi connectivity index (χ4v) is 4.94. The number of likely N-dealkylation sites (N-methyl/N-ethyl adjacent to an activating group) is 1. The maximum atomic E-state index is 13.5. The number of benzene rings is 1. The molecule has 8 nitrogen and oxygen atoms in total. The van der Waals surface area contributed by atoms with Crippen LogP contribution in [0.3, 0.4) is 0 Å². The van der Waals surface area contributed by atoms with Crippen LogP contribution in [0.1, 0.15) is 46.6 Å². The van der Waals surface area contributed by atoms with E-state index in [4.69, 9.17) is 11.6 Å². The van der Waals surface area contributed by atoms with Crippen LogP contribution in [-0.2, 0) is 24.4 Å². The SMILES string of the molecule is CC1CCN(C(=O)CN(C)C)Cc2c1c(=O)c(O)c1n2CCN(Cc2ccc(F)c(Cl)c2)C1=O. The maximum Gasteiger partial charge on any atom is 0.274 e. The maximum absolute atomic E-state index is 13.5. The van der Waals surface area contributed by atoms with Crippen molar-refractivity contribution in [2.45, 2.75) is 38.9 Å². The van der Waals surface area contributed by atoms with Crippen LogP contribution in [0.4, 0.5) is 4.39 Å². The van der Waals surface area contributed by atoms with Crippen molar-refractivity contribution in [3.63, 3.8) is 0 Å². The van der Waals surface area contributed by atoms with Gasteiger partial charge in [-0.2, -0.15) is 0 Å². The first-order valence-electron chi connectivity index (χ1n) is 11.2. The molecule has 0 bridgehead atoms. The Bertz CT molecular complexity index is 1210. The van der Waals surface area contributed by atoms with Gasteiger partial charge in [0.05, 0.1) is 18.1 Å². The van der Waals surface area contributed by atoms with E-state index >= 15 is 0 Å². The molecule has 0 saturated carbocycles. The van der Waals surface area contributed by atoms with E-state index in [-0.39, 0.29) is 42.2 Å². The first-order chi connectivity index (χ1) is 16.1. The van der Waals surface area contributed by atoms with Crippen LogP contribution in [0.5, 0.6) is 5.75 Å². The molecule has 1 unspecified atom stereocenters. The Kier molecular flexibility index (Phi) is 6.69. The van der Waals surface area contributed by atoms with Crippen LogP contribution in [0.15, 0.2) is 23.0 Å². The van der Waals surface area contributed by atoms with Gasteiger partial charge in [0.1, 0.15) is 5.82 Å². The third kappa shape index (κ3) is 4.42. The number of rotatable bonds is 4. The molecule has 1 aromatic carbocycles. The zero-order valence-corrected chi connectivity index (χ0v) is 20.2. The van der Waals surface area contributed by atoms with Crippen LogP contribution < -0.4 is 5.43 Å². The van der Waals surface area contributed by atoms with Crippen molar-refractivity contribution in [3.8, 4) is 5.75 Å². The number of carbonyl (C=O) groups excluding carboxylic acids is 2. The molecule has 34 heavy (non-hydrogen) atoms. The highest BCUT2D eigenvalue weighted by molar-refractivity contribution is 6.30. The van der Waals surface area contributed by atoms with Gasteiger partial charge in [0, 0.05) is 37.4 Å². The molecule has 1 atom stereocenters. The number of carbonyl (C=O) groups is 2. The lowest BCUT2D eigenvalue weighted by molar-refractivity contribution is -0.132. The molecule has 0 aliphatic carbocycles. The highest BCUT2D eigenvalue weighted by atomic mass is 35.5. The number of aromatic hydroxyl groups is 1. The Balaban J connectivity index is 1.72. The van der Waals surface area contributed by atoms with Crippen molar-refractivity contribution >= 4 is 23.4 Å². The molecule has 182 valence electrons. The average Bonchev–Trinajstić information content (AvgIpc) is 2.95. The minimum Gasteiger partial charge on any atom is -0.503 e. The van der Waals surface area contributed by atoms with Gasteiger partial charge >= 0.3 is 0 Å². The molecule has 0 saturated heterocycles. The summed E-state index contributed by atoms with van der Waals surface area (Å²) in [5, 5.41) is 10.8. The molecule has 3 heterocycles. The van der Waals surface area contributed by atoms with Gasteiger partial charge in [0.25, 0.3) is 5.91 Å². The van der Waals surface area contributed by atoms with Crippen molar-refractivity contribution in [2.24, 2.45) is 0 Å². The number of hydrogen-bond donors (Lipinski definition) is 1. The summed E-state index contributed by atoms with van der Waals surface area (Å²) in [5.41, 5.74) is 1.08. The van der Waals surface area contributed by atoms with Crippen LogP contribution in [0, 0.1) is 5.82 Å². The van der Waals surface area contributed by atoms with E-state index < -0.39 is 22.9 Å². The second-order valence-corrected chi connectivity index (χ2v) is 9.66. The van der Waals surface area contributed by atoms with Crippen molar-refractivity contribution in [1.82, 2.24) is 19.3 Å². The number of amides is 2. The lowest BCUT2D eigenvalue weighted by Crippen LogP contribution is -2.44. The molecular formula is C24H28ClFN4O4. The van der Waals surface area contributed by atoms with Gasteiger partial charge in [-0.3, -0.25) is 14.4 Å². The summed E-state index contributed by atoms with van der Waals surface area (Å²) in [6, 6.07) is 4.24. The Morgan fingerprint density at radius 1 is 1.24 bits per heavy atom. The minimum absolute atomic E-state index is 0.0387. The van der Waals surface area contributed by atoms with E-state index in [0.717, 1.165) is 0 Å². The topological polar surface area (TPSA) is 86.1 Å². The molecule has 10 heteroatoms. The number of fused-ring (bicyclic) bond motifs is 3. The Hall–Kier alpha value is -2.91. The Labute approximate surface area is 202 Å². The van der Waals surface area contributed by atoms with E-state index in [9.17, 15) is 23.9 Å². The van der Waals surface area contributed by atoms with Gasteiger partial charge < -0.3 is 24.4 Å². The number of aromatic nitrogens is 1. The standard InChI is InChI=1S/C24H28ClFN4O4/c1-14-6-7-28(19(31)13-27(2)3)12-18-20(14)22(32)23(33)21-24(34)29(8-9-30(18)21)11-15-4-5-17(26)16(25)10-15/h4-5,10,14,33H,6-9,11-13H2,1-3H3. The van der Waals surface area contributed by atoms with Crippen LogP contribution in [0.2, 0.25) is 5.02 Å². The zero-order valence-electron chi connectivity index (χ0n) is 19.5. The quantitative estimate of drug-likeness (QED) is 0.711. The summed E-state index contributed by atoms with van der Waals surface area (Å²) in [5.74, 6) is -1.83. The predicted octanol–water partition coefficient (Wildman–Crippen LogP) is 2.40. The summed E-state index contributed by atoms with van der Waals surface area (Å²) in [6.45, 7) is 3.68. The number of pyridine rings is 1. The smallest absolute Gasteiger partial charge is 0.274 e. The molecule has 4 rings (SSSR count). The zero-order chi connectivity index (χ0) is 24.7. The van der Waals surface area contributed by atoms with Gasteiger partial charge in [-0.1, -0.05) is 24.6 Å². The van der Waals surface area contributed by atoms with Gasteiger partial charge in [-0.05, 0) is 44.1 Å². The second-order valence-electron chi connectivity index (χ2n) is 9.26. The Morgan fingerprint density at radius 2 is 1.97 bits per heavy atom. The summed E-state index contributed by atoms with van der Waals surface area (Å²) in [7, 11) is 3.64. The second kappa shape index (κ2) is 9.38. The molecule has 2 aromatic rings. The normalized spacial score (nSPS) is 18.1. The highest BCUT2D eigenvalue weighted by Gasteiger charge is 2.36. The molecule has 2 aliphatic rings. The third-order valence-corrected chi connectivity index (χ3v) is 6.79. The van der Waals surface area contributed by atoms with Crippen molar-refractivity contribution in [1.29, 1.82) is 0 Å². The third-order valence-electron chi connectivity index (χ3n) is 6.50. The van der Waals surface area contributed by atoms with Crippen molar-refractivity contribution in [2.75, 3.05) is 33.7 Å². The van der Waals surface area contributed by atoms with Crippen molar-refractivity contribution in [3.05, 3.63) is 61.8 Å². The predicted molar refractivity (Wildman–Crippen MR) is 126 cm³/mol. The lowest BCUT2D eigenvalue weighted by Gasteiger charge is -2.33. The molecule has 0 fully saturated rings. The molecule has 0 radical (unpaired) electrons. The summed E-state index contributed by atoms with van der Waals surface area (Å²) in [6.07, 6.45) is 0.589. The summed E-state index contributed by atoms with van der Waals surface area (Å²) < 4.78 is 15.2. The van der Waals surface area contributed by atoms with E-state index in [1.54, 1.807) is 20.4 Å². The molecule has 2 amide bonds. The molecule has 0 spiro atoms. The molecule has 1 N–H and O–H groups in total. The molecular weight excluding hydrogens is 463 g/mol. The summed E-state index contributed by atoms with van der Waals surface area (Å²) in [4.78, 5) is 44.4. The van der Waals surface area contributed by atoms with Crippen LogP contribution >= 0.6 is 11.6 Å². The van der Waals surface area contributed by atoms with Gasteiger partial charge in [-0.25, -0.2) is 4.39 Å². The van der Waals surface area contributed by atoms with E-state index in [0.29, 0.717) is 42.9 Å². The highest BCUT2D eigenvalue weighted by Crippen LogP contribution is 2.32. The van der Waals surface area contributed by atoms with Gasteiger partial charge in [0.2, 0.25) is 11.3 Å². The van der Waals surface area contributed by atoms with Crippen LogP contribution in [0.25, 0.3) is 0 Å². The largest absolute Gasteiger partial charge is 0.503 e. The fourth-order valence-electron chi connectivity index (χ4n) is 4.73. The fraction of sp³-hybridized carbons (Fsp3) is 0.458. The summed E-state index contributed by atoms with van der Waals surface area (Å²) >= 11 is 5.88. The first kappa shape index (κ1) is 24.2. The first-order valence-corrected chi connectivity index (χ1v) is 11.6. The van der Waals surface area contributed by atoms with Gasteiger partial charge in [0.15, 0.2) is 11.4 Å². The number of hydrogen-bond acceptors (Lipinski definition) is 5. The molecule has 2 aliphatic heterocycles. The van der Waals surface area contributed by atoms with E-state index in [1.165, 1.54) is 17.0 Å². The monoisotopic (exact) mass is 490 g/mol. The number of halogens is 2. The molecule has 1 aromatic heterocycles. The average molecular weight is 491 g/mol. The number of nitrogens with zero attached hydrogens (tertiary/aromatic N) is 4. The van der Waals surface area contributed by atoms with Crippen molar-refractivity contribution < 1.29 is 19.1 Å². The van der Waals surface area contributed by atoms with E-state index in [2.05, 4.69) is 0 Å². The Morgan fingerprint density at radius 3 is 2.65 bits per heavy atom. The van der Waals surface area contributed by atoms with E-state index in [1.807, 2.05) is 21.0 Å². The lowest BCUT2D eigenvalue weighted by atomic mass is 9.95. The van der Waals surface area contributed by atoms with Crippen LogP contribution in [-0.4, -0.2) is 69.9 Å². The van der Waals surface area contributed by atoms with Gasteiger partial charge in [-0.15, -0.1) is 0 Å².